The molecule has 2 aromatic rings. The van der Waals surface area contributed by atoms with Crippen molar-refractivity contribution < 1.29 is 9.13 Å². The van der Waals surface area contributed by atoms with E-state index in [0.717, 1.165) is 24.2 Å². The van der Waals surface area contributed by atoms with Gasteiger partial charge < -0.3 is 4.74 Å². The molecule has 0 spiro atoms. The van der Waals surface area contributed by atoms with Gasteiger partial charge in [0.15, 0.2) is 0 Å². The van der Waals surface area contributed by atoms with Crippen molar-refractivity contribution in [3.8, 4) is 0 Å². The molecule has 0 fully saturated rings. The molecule has 0 aliphatic rings. The van der Waals surface area contributed by atoms with Gasteiger partial charge in [0.1, 0.15) is 5.82 Å². The van der Waals surface area contributed by atoms with E-state index in [-0.39, 0.29) is 10.6 Å². The van der Waals surface area contributed by atoms with Crippen molar-refractivity contribution in [2.24, 2.45) is 0 Å². The van der Waals surface area contributed by atoms with Crippen molar-refractivity contribution in [2.75, 3.05) is 13.7 Å². The van der Waals surface area contributed by atoms with Gasteiger partial charge >= 0.3 is 0 Å². The van der Waals surface area contributed by atoms with Gasteiger partial charge in [-0.1, -0.05) is 46.3 Å². The van der Waals surface area contributed by atoms with Gasteiger partial charge in [-0.05, 0) is 51.2 Å². The van der Waals surface area contributed by atoms with Gasteiger partial charge in [-0.2, -0.15) is 0 Å². The molecule has 0 radical (unpaired) electrons. The molecule has 0 aliphatic carbocycles. The summed E-state index contributed by atoms with van der Waals surface area (Å²) in [4.78, 5) is 0.0517. The van der Waals surface area contributed by atoms with Gasteiger partial charge in [0, 0.05) is 7.11 Å². The largest absolute Gasteiger partial charge is 0.384 e. The summed E-state index contributed by atoms with van der Waals surface area (Å²) in [6.07, 6.45) is 0.909. The van der Waals surface area contributed by atoms with E-state index in [1.165, 1.54) is 11.6 Å². The Balaban J connectivity index is 2.15. The van der Waals surface area contributed by atoms with Crippen LogP contribution >= 0.6 is 31.9 Å². The normalized spacial score (nSPS) is 12.4. The molecular weight excluding hydrogens is 387 g/mol. The zero-order valence-electron chi connectivity index (χ0n) is 11.1. The minimum atomic E-state index is -0.247. The zero-order valence-corrected chi connectivity index (χ0v) is 14.2. The molecule has 0 bridgehead atoms. The number of ether oxygens (including phenoxy) is 1. The van der Waals surface area contributed by atoms with Crippen LogP contribution in [0.3, 0.4) is 0 Å². The van der Waals surface area contributed by atoms with E-state index in [1.54, 1.807) is 19.2 Å². The second-order valence-corrected chi connectivity index (χ2v) is 6.29. The van der Waals surface area contributed by atoms with E-state index in [0.29, 0.717) is 4.47 Å². The topological polar surface area (TPSA) is 9.23 Å². The van der Waals surface area contributed by atoms with Gasteiger partial charge in [-0.3, -0.25) is 0 Å². The lowest BCUT2D eigenvalue weighted by molar-refractivity contribution is 0.202. The maximum Gasteiger partial charge on any atom is 0.137 e. The molecule has 0 N–H and O–H groups in total. The highest BCUT2D eigenvalue weighted by Crippen LogP contribution is 2.32. The third-order valence-corrected chi connectivity index (χ3v) is 4.77. The van der Waals surface area contributed by atoms with Crippen LogP contribution in [-0.4, -0.2) is 13.7 Å². The van der Waals surface area contributed by atoms with Gasteiger partial charge in [0.05, 0.1) is 15.9 Å². The smallest absolute Gasteiger partial charge is 0.137 e. The fourth-order valence-electron chi connectivity index (χ4n) is 1.94. The molecule has 1 nitrogen and oxygen atoms in total. The number of methoxy groups -OCH3 is 1. The molecule has 0 saturated heterocycles. The highest BCUT2D eigenvalue weighted by Gasteiger charge is 2.12. The Kier molecular flexibility index (Phi) is 5.75. The average Bonchev–Trinajstić information content (AvgIpc) is 2.48. The van der Waals surface area contributed by atoms with Crippen LogP contribution in [0.25, 0.3) is 0 Å². The van der Waals surface area contributed by atoms with Crippen LogP contribution in [0.4, 0.5) is 4.39 Å². The SMILES string of the molecule is COCCc1ccc(C(Br)c2ccc(F)c(Br)c2)cc1. The Hall–Kier alpha value is -0.710. The lowest BCUT2D eigenvalue weighted by Crippen LogP contribution is -1.97. The first-order valence-corrected chi connectivity index (χ1v) is 7.99. The van der Waals surface area contributed by atoms with Crippen LogP contribution in [0, 0.1) is 5.82 Å². The van der Waals surface area contributed by atoms with Crippen LogP contribution in [-0.2, 0) is 11.2 Å². The molecule has 106 valence electrons. The molecule has 0 amide bonds. The summed E-state index contributed by atoms with van der Waals surface area (Å²) in [7, 11) is 1.70. The quantitative estimate of drug-likeness (QED) is 0.620. The Bertz CT molecular complexity index is 569. The maximum atomic E-state index is 13.3. The first kappa shape index (κ1) is 15.7. The van der Waals surface area contributed by atoms with Crippen molar-refractivity contribution in [1.82, 2.24) is 0 Å². The van der Waals surface area contributed by atoms with E-state index in [1.807, 2.05) is 0 Å². The van der Waals surface area contributed by atoms with Crippen LogP contribution in [0.1, 0.15) is 21.5 Å². The average molecular weight is 402 g/mol. The Labute approximate surface area is 135 Å². The van der Waals surface area contributed by atoms with E-state index in [2.05, 4.69) is 56.1 Å². The van der Waals surface area contributed by atoms with Crippen LogP contribution in [0.5, 0.6) is 0 Å². The number of hydrogen-bond donors (Lipinski definition) is 0. The summed E-state index contributed by atoms with van der Waals surface area (Å²) >= 11 is 6.88. The molecule has 1 unspecified atom stereocenters. The number of alkyl halides is 1. The minimum Gasteiger partial charge on any atom is -0.384 e. The summed E-state index contributed by atoms with van der Waals surface area (Å²) in [5.41, 5.74) is 3.41. The van der Waals surface area contributed by atoms with Crippen LogP contribution in [0.2, 0.25) is 0 Å². The van der Waals surface area contributed by atoms with Gasteiger partial charge in [0.2, 0.25) is 0 Å². The standard InChI is InChI=1S/C16H15Br2FO/c1-20-9-8-11-2-4-12(5-3-11)16(18)13-6-7-15(19)14(17)10-13/h2-7,10,16H,8-9H2,1H3. The van der Waals surface area contributed by atoms with Crippen molar-refractivity contribution in [2.45, 2.75) is 11.2 Å². The van der Waals surface area contributed by atoms with Crippen molar-refractivity contribution >= 4 is 31.9 Å². The molecule has 4 heteroatoms. The molecule has 2 rings (SSSR count). The number of hydrogen-bond acceptors (Lipinski definition) is 1. The van der Waals surface area contributed by atoms with E-state index >= 15 is 0 Å². The zero-order chi connectivity index (χ0) is 14.5. The number of benzene rings is 2. The lowest BCUT2D eigenvalue weighted by atomic mass is 10.0. The molecule has 0 aromatic heterocycles. The molecule has 0 heterocycles. The summed E-state index contributed by atoms with van der Waals surface area (Å²) in [6, 6.07) is 13.4. The molecule has 20 heavy (non-hydrogen) atoms. The predicted molar refractivity (Wildman–Crippen MR) is 86.9 cm³/mol. The van der Waals surface area contributed by atoms with Gasteiger partial charge in [-0.15, -0.1) is 0 Å². The van der Waals surface area contributed by atoms with E-state index in [4.69, 9.17) is 4.74 Å². The Morgan fingerprint density at radius 3 is 2.35 bits per heavy atom. The molecule has 2 aromatic carbocycles. The molecule has 0 aliphatic heterocycles. The monoisotopic (exact) mass is 400 g/mol. The summed E-state index contributed by atoms with van der Waals surface area (Å²) in [5.74, 6) is -0.247. The fraction of sp³-hybridized carbons (Fsp3) is 0.250. The van der Waals surface area contributed by atoms with Gasteiger partial charge in [0.25, 0.3) is 0 Å². The predicted octanol–water partition coefficient (Wildman–Crippen LogP) is 5.26. The third-order valence-electron chi connectivity index (χ3n) is 3.10. The van der Waals surface area contributed by atoms with Crippen molar-refractivity contribution in [3.63, 3.8) is 0 Å². The number of rotatable bonds is 5. The Morgan fingerprint density at radius 1 is 1.10 bits per heavy atom. The second-order valence-electron chi connectivity index (χ2n) is 4.52. The Morgan fingerprint density at radius 2 is 1.75 bits per heavy atom. The summed E-state index contributed by atoms with van der Waals surface area (Å²) in [5, 5.41) is 0. The van der Waals surface area contributed by atoms with E-state index in [9.17, 15) is 4.39 Å². The summed E-state index contributed by atoms with van der Waals surface area (Å²) < 4.78 is 18.8. The number of halogens is 3. The minimum absolute atomic E-state index is 0.0517. The van der Waals surface area contributed by atoms with Crippen molar-refractivity contribution in [3.05, 3.63) is 69.4 Å². The molecule has 0 saturated carbocycles. The fourth-order valence-corrected chi connectivity index (χ4v) is 2.92. The van der Waals surface area contributed by atoms with Crippen LogP contribution < -0.4 is 0 Å². The van der Waals surface area contributed by atoms with Crippen LogP contribution in [0.15, 0.2) is 46.9 Å². The second kappa shape index (κ2) is 7.34. The highest BCUT2D eigenvalue weighted by molar-refractivity contribution is 9.10. The highest BCUT2D eigenvalue weighted by atomic mass is 79.9. The first-order valence-electron chi connectivity index (χ1n) is 6.28. The molecule has 1 atom stereocenters. The third kappa shape index (κ3) is 3.90. The van der Waals surface area contributed by atoms with Gasteiger partial charge in [-0.25, -0.2) is 4.39 Å². The molecular formula is C16H15Br2FO. The maximum absolute atomic E-state index is 13.3. The van der Waals surface area contributed by atoms with E-state index < -0.39 is 0 Å². The lowest BCUT2D eigenvalue weighted by Gasteiger charge is -2.12. The van der Waals surface area contributed by atoms with Crippen molar-refractivity contribution in [1.29, 1.82) is 0 Å². The summed E-state index contributed by atoms with van der Waals surface area (Å²) in [6.45, 7) is 0.724. The first-order chi connectivity index (χ1) is 9.61.